The first-order valence-corrected chi connectivity index (χ1v) is 8.00. The average Bonchev–Trinajstić information content (AvgIpc) is 2.50. The molecule has 0 bridgehead atoms. The quantitative estimate of drug-likeness (QED) is 0.817. The fraction of sp³-hybridized carbons (Fsp3) is 0.588. The standard InChI is InChI=1S/C17H26N2O2/c1-3-12-7-5-6-8-15(12)21-16-10-9-13(11-14(16)18)17(20)19-4-2/h9-12,15H,3-8,18H2,1-2H3,(H,19,20). The topological polar surface area (TPSA) is 64.3 Å². The number of hydrogen-bond acceptors (Lipinski definition) is 3. The van der Waals surface area contributed by atoms with E-state index in [4.69, 9.17) is 10.5 Å². The fourth-order valence-corrected chi connectivity index (χ4v) is 3.02. The summed E-state index contributed by atoms with van der Waals surface area (Å²) in [7, 11) is 0. The SMILES string of the molecule is CCNC(=O)c1ccc(OC2CCCCC2CC)c(N)c1. The minimum absolute atomic E-state index is 0.0974. The maximum Gasteiger partial charge on any atom is 0.251 e. The van der Waals surface area contributed by atoms with E-state index in [-0.39, 0.29) is 12.0 Å². The van der Waals surface area contributed by atoms with E-state index < -0.39 is 0 Å². The van der Waals surface area contributed by atoms with Crippen molar-refractivity contribution in [3.8, 4) is 5.75 Å². The highest BCUT2D eigenvalue weighted by Gasteiger charge is 2.25. The molecular weight excluding hydrogens is 264 g/mol. The highest BCUT2D eigenvalue weighted by Crippen LogP contribution is 2.32. The molecule has 0 radical (unpaired) electrons. The highest BCUT2D eigenvalue weighted by atomic mass is 16.5. The van der Waals surface area contributed by atoms with Crippen molar-refractivity contribution in [2.24, 2.45) is 5.92 Å². The second kappa shape index (κ2) is 7.34. The summed E-state index contributed by atoms with van der Waals surface area (Å²) in [6.45, 7) is 4.72. The van der Waals surface area contributed by atoms with Crippen LogP contribution < -0.4 is 15.8 Å². The maximum atomic E-state index is 11.8. The molecule has 116 valence electrons. The van der Waals surface area contributed by atoms with Crippen LogP contribution in [0.4, 0.5) is 5.69 Å². The minimum Gasteiger partial charge on any atom is -0.488 e. The number of carbonyl (C=O) groups excluding carboxylic acids is 1. The predicted molar refractivity (Wildman–Crippen MR) is 85.5 cm³/mol. The molecule has 0 heterocycles. The van der Waals surface area contributed by atoms with Crippen molar-refractivity contribution in [2.45, 2.75) is 52.1 Å². The Bertz CT molecular complexity index is 488. The lowest BCUT2D eigenvalue weighted by molar-refractivity contribution is 0.0910. The van der Waals surface area contributed by atoms with Gasteiger partial charge in [0.05, 0.1) is 5.69 Å². The molecule has 0 aliphatic heterocycles. The molecule has 0 aromatic heterocycles. The van der Waals surface area contributed by atoms with Crippen LogP contribution in [0, 0.1) is 5.92 Å². The van der Waals surface area contributed by atoms with Gasteiger partial charge in [0.2, 0.25) is 0 Å². The Hall–Kier alpha value is -1.71. The molecule has 1 amide bonds. The molecule has 1 saturated carbocycles. The lowest BCUT2D eigenvalue weighted by Gasteiger charge is -2.31. The molecular formula is C17H26N2O2. The van der Waals surface area contributed by atoms with Gasteiger partial charge in [-0.2, -0.15) is 0 Å². The molecule has 21 heavy (non-hydrogen) atoms. The number of carbonyl (C=O) groups is 1. The molecule has 1 fully saturated rings. The van der Waals surface area contributed by atoms with Crippen LogP contribution in [-0.2, 0) is 0 Å². The second-order valence-electron chi connectivity index (χ2n) is 5.72. The normalized spacial score (nSPS) is 21.8. The van der Waals surface area contributed by atoms with Crippen LogP contribution in [0.25, 0.3) is 0 Å². The molecule has 1 aromatic rings. The number of ether oxygens (including phenoxy) is 1. The van der Waals surface area contributed by atoms with Gasteiger partial charge in [-0.05, 0) is 56.7 Å². The summed E-state index contributed by atoms with van der Waals surface area (Å²) in [6.07, 6.45) is 6.24. The summed E-state index contributed by atoms with van der Waals surface area (Å²) in [6, 6.07) is 5.30. The first-order chi connectivity index (χ1) is 10.2. The van der Waals surface area contributed by atoms with Gasteiger partial charge in [0.25, 0.3) is 5.91 Å². The van der Waals surface area contributed by atoms with Crippen LogP contribution in [0.2, 0.25) is 0 Å². The molecule has 2 atom stereocenters. The van der Waals surface area contributed by atoms with E-state index in [1.807, 2.05) is 13.0 Å². The molecule has 3 N–H and O–H groups in total. The lowest BCUT2D eigenvalue weighted by atomic mass is 9.85. The number of amides is 1. The molecule has 1 aromatic carbocycles. The van der Waals surface area contributed by atoms with Crippen LogP contribution >= 0.6 is 0 Å². The van der Waals surface area contributed by atoms with Gasteiger partial charge in [0, 0.05) is 12.1 Å². The van der Waals surface area contributed by atoms with Gasteiger partial charge in [-0.3, -0.25) is 4.79 Å². The Morgan fingerprint density at radius 1 is 1.33 bits per heavy atom. The zero-order valence-electron chi connectivity index (χ0n) is 13.0. The maximum absolute atomic E-state index is 11.8. The third-order valence-electron chi connectivity index (χ3n) is 4.25. The van der Waals surface area contributed by atoms with E-state index in [2.05, 4.69) is 12.2 Å². The van der Waals surface area contributed by atoms with Crippen molar-refractivity contribution in [2.75, 3.05) is 12.3 Å². The minimum atomic E-state index is -0.0974. The van der Waals surface area contributed by atoms with Crippen molar-refractivity contribution in [1.29, 1.82) is 0 Å². The number of nitrogens with two attached hydrogens (primary N) is 1. The smallest absolute Gasteiger partial charge is 0.251 e. The van der Waals surface area contributed by atoms with E-state index in [1.54, 1.807) is 12.1 Å². The zero-order valence-corrected chi connectivity index (χ0v) is 13.0. The third-order valence-corrected chi connectivity index (χ3v) is 4.25. The van der Waals surface area contributed by atoms with E-state index >= 15 is 0 Å². The Kier molecular flexibility index (Phi) is 5.48. The molecule has 2 unspecified atom stereocenters. The van der Waals surface area contributed by atoms with E-state index in [0.29, 0.717) is 29.5 Å². The molecule has 0 spiro atoms. The molecule has 4 nitrogen and oxygen atoms in total. The Morgan fingerprint density at radius 2 is 2.10 bits per heavy atom. The molecule has 1 aliphatic rings. The molecule has 1 aliphatic carbocycles. The summed E-state index contributed by atoms with van der Waals surface area (Å²) < 4.78 is 6.13. The number of benzene rings is 1. The Morgan fingerprint density at radius 3 is 2.76 bits per heavy atom. The Balaban J connectivity index is 2.08. The van der Waals surface area contributed by atoms with Crippen LogP contribution in [0.5, 0.6) is 5.75 Å². The summed E-state index contributed by atoms with van der Waals surface area (Å²) in [5.41, 5.74) is 7.18. The van der Waals surface area contributed by atoms with Crippen LogP contribution in [0.1, 0.15) is 56.3 Å². The predicted octanol–water partition coefficient (Wildman–Crippen LogP) is 3.37. The van der Waals surface area contributed by atoms with Crippen molar-refractivity contribution < 1.29 is 9.53 Å². The number of nitrogen functional groups attached to an aromatic ring is 1. The van der Waals surface area contributed by atoms with Crippen molar-refractivity contribution >= 4 is 11.6 Å². The van der Waals surface area contributed by atoms with Crippen molar-refractivity contribution in [3.05, 3.63) is 23.8 Å². The van der Waals surface area contributed by atoms with Gasteiger partial charge in [-0.25, -0.2) is 0 Å². The van der Waals surface area contributed by atoms with Gasteiger partial charge in [-0.1, -0.05) is 13.3 Å². The molecule has 2 rings (SSSR count). The zero-order chi connectivity index (χ0) is 15.2. The number of anilines is 1. The van der Waals surface area contributed by atoms with Crippen molar-refractivity contribution in [1.82, 2.24) is 5.32 Å². The highest BCUT2D eigenvalue weighted by molar-refractivity contribution is 5.95. The van der Waals surface area contributed by atoms with Gasteiger partial charge in [0.1, 0.15) is 11.9 Å². The van der Waals surface area contributed by atoms with Crippen LogP contribution in [-0.4, -0.2) is 18.6 Å². The van der Waals surface area contributed by atoms with E-state index in [9.17, 15) is 4.79 Å². The molecule has 4 heteroatoms. The van der Waals surface area contributed by atoms with Gasteiger partial charge < -0.3 is 15.8 Å². The summed E-state index contributed by atoms with van der Waals surface area (Å²) in [4.78, 5) is 11.8. The van der Waals surface area contributed by atoms with Crippen molar-refractivity contribution in [3.63, 3.8) is 0 Å². The first kappa shape index (κ1) is 15.7. The van der Waals surface area contributed by atoms with Gasteiger partial charge in [-0.15, -0.1) is 0 Å². The first-order valence-electron chi connectivity index (χ1n) is 8.00. The summed E-state index contributed by atoms with van der Waals surface area (Å²) >= 11 is 0. The average molecular weight is 290 g/mol. The fourth-order valence-electron chi connectivity index (χ4n) is 3.02. The summed E-state index contributed by atoms with van der Waals surface area (Å²) in [5.74, 6) is 1.22. The monoisotopic (exact) mass is 290 g/mol. The van der Waals surface area contributed by atoms with Gasteiger partial charge >= 0.3 is 0 Å². The third kappa shape index (κ3) is 3.90. The van der Waals surface area contributed by atoms with E-state index in [1.165, 1.54) is 19.3 Å². The molecule has 0 saturated heterocycles. The Labute approximate surface area is 127 Å². The van der Waals surface area contributed by atoms with Crippen LogP contribution in [0.3, 0.4) is 0 Å². The second-order valence-corrected chi connectivity index (χ2v) is 5.72. The van der Waals surface area contributed by atoms with Gasteiger partial charge in [0.15, 0.2) is 0 Å². The van der Waals surface area contributed by atoms with Crippen LogP contribution in [0.15, 0.2) is 18.2 Å². The van der Waals surface area contributed by atoms with E-state index in [0.717, 1.165) is 12.8 Å². The number of rotatable bonds is 5. The largest absolute Gasteiger partial charge is 0.488 e. The lowest BCUT2D eigenvalue weighted by Crippen LogP contribution is -2.30. The summed E-state index contributed by atoms with van der Waals surface area (Å²) in [5, 5.41) is 2.77. The number of hydrogen-bond donors (Lipinski definition) is 2. The number of nitrogens with one attached hydrogen (secondary N) is 1.